The number of aromatic nitrogens is 2. The Balaban J connectivity index is 1.82. The molecule has 1 aliphatic rings. The molecular formula is C12H15N3O3S2. The van der Waals surface area contributed by atoms with E-state index in [1.807, 2.05) is 6.92 Å². The number of hydrogen-bond acceptors (Lipinski definition) is 5. The van der Waals surface area contributed by atoms with Gasteiger partial charge < -0.3 is 9.72 Å². The highest BCUT2D eigenvalue weighted by Gasteiger charge is 2.33. The van der Waals surface area contributed by atoms with Crippen LogP contribution in [0.2, 0.25) is 0 Å². The molecular weight excluding hydrogens is 298 g/mol. The Hall–Kier alpha value is -1.22. The van der Waals surface area contributed by atoms with Crippen LogP contribution in [0.25, 0.3) is 0 Å². The fourth-order valence-electron chi connectivity index (χ4n) is 2.14. The number of nitrogens with one attached hydrogen (secondary N) is 1. The summed E-state index contributed by atoms with van der Waals surface area (Å²) in [4.78, 5) is 7.32. The highest BCUT2D eigenvalue weighted by Crippen LogP contribution is 2.26. The van der Waals surface area contributed by atoms with E-state index < -0.39 is 10.0 Å². The maximum Gasteiger partial charge on any atom is 0.252 e. The van der Waals surface area contributed by atoms with Crippen molar-refractivity contribution in [2.75, 3.05) is 19.7 Å². The summed E-state index contributed by atoms with van der Waals surface area (Å²) in [6.07, 6.45) is 1.37. The van der Waals surface area contributed by atoms with Crippen LogP contribution in [-0.2, 0) is 14.8 Å². The van der Waals surface area contributed by atoms with Gasteiger partial charge in [-0.25, -0.2) is 13.4 Å². The Labute approximate surface area is 121 Å². The van der Waals surface area contributed by atoms with Gasteiger partial charge >= 0.3 is 0 Å². The Kier molecular flexibility index (Phi) is 3.63. The van der Waals surface area contributed by atoms with E-state index in [9.17, 15) is 8.42 Å². The van der Waals surface area contributed by atoms with E-state index in [0.717, 1.165) is 5.69 Å². The largest absolute Gasteiger partial charge is 0.368 e. The van der Waals surface area contributed by atoms with Gasteiger partial charge in [0.1, 0.15) is 16.1 Å². The van der Waals surface area contributed by atoms with E-state index in [0.29, 0.717) is 23.2 Å². The van der Waals surface area contributed by atoms with Crippen molar-refractivity contribution in [2.24, 2.45) is 0 Å². The first-order chi connectivity index (χ1) is 9.57. The second kappa shape index (κ2) is 5.28. The van der Waals surface area contributed by atoms with Crippen LogP contribution in [-0.4, -0.2) is 42.4 Å². The minimum atomic E-state index is -3.42. The van der Waals surface area contributed by atoms with Gasteiger partial charge in [0.05, 0.1) is 6.61 Å². The van der Waals surface area contributed by atoms with Crippen molar-refractivity contribution < 1.29 is 13.2 Å². The topological polar surface area (TPSA) is 75.3 Å². The van der Waals surface area contributed by atoms with Gasteiger partial charge in [-0.1, -0.05) is 6.07 Å². The number of morpholine rings is 1. The van der Waals surface area contributed by atoms with Crippen LogP contribution in [0.4, 0.5) is 0 Å². The molecule has 1 saturated heterocycles. The third kappa shape index (κ3) is 2.51. The molecule has 1 fully saturated rings. The van der Waals surface area contributed by atoms with E-state index in [2.05, 4.69) is 9.97 Å². The number of aromatic amines is 1. The summed E-state index contributed by atoms with van der Waals surface area (Å²) in [5.74, 6) is 0.675. The molecule has 8 heteroatoms. The maximum atomic E-state index is 12.5. The normalized spacial score (nSPS) is 21.1. The Morgan fingerprint density at radius 3 is 3.05 bits per heavy atom. The summed E-state index contributed by atoms with van der Waals surface area (Å²) in [5, 5.41) is 1.76. The summed E-state index contributed by atoms with van der Waals surface area (Å²) in [5.41, 5.74) is 0.932. The molecule has 0 bridgehead atoms. The number of aryl methyl sites for hydroxylation is 1. The molecule has 3 rings (SSSR count). The molecule has 0 aromatic carbocycles. The molecule has 2 aromatic rings. The number of rotatable bonds is 3. The molecule has 1 N–H and O–H groups in total. The van der Waals surface area contributed by atoms with Crippen molar-refractivity contribution in [3.63, 3.8) is 0 Å². The number of nitrogens with zero attached hydrogens (tertiary/aromatic N) is 2. The lowest BCUT2D eigenvalue weighted by Gasteiger charge is -2.30. The molecule has 2 aromatic heterocycles. The van der Waals surface area contributed by atoms with Crippen LogP contribution in [0.3, 0.4) is 0 Å². The number of H-pyrrole nitrogens is 1. The molecule has 1 aliphatic heterocycles. The van der Waals surface area contributed by atoms with Gasteiger partial charge in [-0.2, -0.15) is 4.31 Å². The highest BCUT2D eigenvalue weighted by atomic mass is 32.2. The Bertz CT molecular complexity index is 679. The average Bonchev–Trinajstić information content (AvgIpc) is 3.10. The van der Waals surface area contributed by atoms with Gasteiger partial charge in [0, 0.05) is 25.0 Å². The van der Waals surface area contributed by atoms with Crippen molar-refractivity contribution in [1.82, 2.24) is 14.3 Å². The van der Waals surface area contributed by atoms with Gasteiger partial charge in [0.15, 0.2) is 0 Å². The molecule has 108 valence electrons. The van der Waals surface area contributed by atoms with E-state index in [4.69, 9.17) is 4.74 Å². The standard InChI is InChI=1S/C12H15N3O3S2/c1-9-7-13-12(14-9)10-8-15(4-5-18-10)20(16,17)11-3-2-6-19-11/h2-3,6-7,10H,4-5,8H2,1H3,(H,13,14)/t10-/m0/s1. The van der Waals surface area contributed by atoms with Crippen LogP contribution in [0.1, 0.15) is 17.6 Å². The first-order valence-electron chi connectivity index (χ1n) is 6.24. The highest BCUT2D eigenvalue weighted by molar-refractivity contribution is 7.91. The second-order valence-corrected chi connectivity index (χ2v) is 7.72. The fourth-order valence-corrected chi connectivity index (χ4v) is 4.71. The zero-order valence-corrected chi connectivity index (χ0v) is 12.6. The molecule has 0 radical (unpaired) electrons. The van der Waals surface area contributed by atoms with E-state index >= 15 is 0 Å². The molecule has 0 unspecified atom stereocenters. The lowest BCUT2D eigenvalue weighted by atomic mass is 10.3. The second-order valence-electron chi connectivity index (χ2n) is 4.61. The third-order valence-corrected chi connectivity index (χ3v) is 6.38. The molecule has 3 heterocycles. The van der Waals surface area contributed by atoms with E-state index in [-0.39, 0.29) is 12.6 Å². The Morgan fingerprint density at radius 2 is 2.40 bits per heavy atom. The predicted octanol–water partition coefficient (Wildman–Crippen LogP) is 1.54. The van der Waals surface area contributed by atoms with Gasteiger partial charge in [-0.3, -0.25) is 0 Å². The van der Waals surface area contributed by atoms with Crippen LogP contribution in [0.15, 0.2) is 27.9 Å². The van der Waals surface area contributed by atoms with Crippen molar-refractivity contribution in [1.29, 1.82) is 0 Å². The lowest BCUT2D eigenvalue weighted by molar-refractivity contribution is -0.00705. The van der Waals surface area contributed by atoms with Crippen LogP contribution < -0.4 is 0 Å². The minimum Gasteiger partial charge on any atom is -0.368 e. The Morgan fingerprint density at radius 1 is 1.55 bits per heavy atom. The van der Waals surface area contributed by atoms with E-state index in [1.165, 1.54) is 15.6 Å². The number of hydrogen-bond donors (Lipinski definition) is 1. The molecule has 0 amide bonds. The van der Waals surface area contributed by atoms with Gasteiger partial charge in [-0.05, 0) is 18.4 Å². The average molecular weight is 313 g/mol. The molecule has 6 nitrogen and oxygen atoms in total. The monoisotopic (exact) mass is 313 g/mol. The molecule has 0 saturated carbocycles. The molecule has 1 atom stereocenters. The predicted molar refractivity (Wildman–Crippen MR) is 75.1 cm³/mol. The first kappa shape index (κ1) is 13.7. The van der Waals surface area contributed by atoms with Crippen molar-refractivity contribution in [2.45, 2.75) is 17.2 Å². The number of imidazole rings is 1. The summed E-state index contributed by atoms with van der Waals surface area (Å²) < 4.78 is 32.4. The zero-order valence-electron chi connectivity index (χ0n) is 10.9. The number of sulfonamides is 1. The lowest BCUT2D eigenvalue weighted by Crippen LogP contribution is -2.42. The SMILES string of the molecule is Cc1cnc([C@@H]2CN(S(=O)(=O)c3cccs3)CCO2)[nH]1. The summed E-state index contributed by atoms with van der Waals surface area (Å²) in [6.45, 7) is 2.93. The summed E-state index contributed by atoms with van der Waals surface area (Å²) in [6, 6.07) is 3.37. The van der Waals surface area contributed by atoms with Crippen LogP contribution in [0.5, 0.6) is 0 Å². The van der Waals surface area contributed by atoms with Gasteiger partial charge in [0.25, 0.3) is 10.0 Å². The molecule has 0 aliphatic carbocycles. The zero-order chi connectivity index (χ0) is 14.2. The fraction of sp³-hybridized carbons (Fsp3) is 0.417. The molecule has 0 spiro atoms. The minimum absolute atomic E-state index is 0.285. The van der Waals surface area contributed by atoms with Gasteiger partial charge in [-0.15, -0.1) is 11.3 Å². The number of thiophene rings is 1. The quantitative estimate of drug-likeness (QED) is 0.932. The van der Waals surface area contributed by atoms with Crippen LogP contribution in [0, 0.1) is 6.92 Å². The van der Waals surface area contributed by atoms with Gasteiger partial charge in [0.2, 0.25) is 0 Å². The summed E-state index contributed by atoms with van der Waals surface area (Å²) in [7, 11) is -3.42. The molecule has 20 heavy (non-hydrogen) atoms. The smallest absolute Gasteiger partial charge is 0.252 e. The van der Waals surface area contributed by atoms with Crippen LogP contribution >= 0.6 is 11.3 Å². The van der Waals surface area contributed by atoms with Crippen molar-refractivity contribution >= 4 is 21.4 Å². The maximum absolute atomic E-state index is 12.5. The van der Waals surface area contributed by atoms with Crippen molar-refractivity contribution in [3.8, 4) is 0 Å². The number of ether oxygens (including phenoxy) is 1. The third-order valence-electron chi connectivity index (χ3n) is 3.15. The van der Waals surface area contributed by atoms with E-state index in [1.54, 1.807) is 23.7 Å². The summed E-state index contributed by atoms with van der Waals surface area (Å²) >= 11 is 1.23. The van der Waals surface area contributed by atoms with Crippen molar-refractivity contribution in [3.05, 3.63) is 35.2 Å². The first-order valence-corrected chi connectivity index (χ1v) is 8.56.